The molecule has 0 aliphatic rings. The molecular formula is C10H8Cl2N4O. The topological polar surface area (TPSA) is 69.8 Å². The van der Waals surface area contributed by atoms with Crippen molar-refractivity contribution in [2.24, 2.45) is 0 Å². The number of hydrazine groups is 1. The van der Waals surface area contributed by atoms with Crippen molar-refractivity contribution in [2.75, 3.05) is 5.43 Å². The molecule has 2 rings (SSSR count). The van der Waals surface area contributed by atoms with E-state index in [2.05, 4.69) is 21.0 Å². The van der Waals surface area contributed by atoms with E-state index in [-0.39, 0.29) is 0 Å². The van der Waals surface area contributed by atoms with Crippen molar-refractivity contribution >= 4 is 35.4 Å². The molecule has 0 saturated carbocycles. The van der Waals surface area contributed by atoms with Crippen LogP contribution in [-0.4, -0.2) is 16.6 Å². The number of carbonyl (C=O) groups is 1. The zero-order chi connectivity index (χ0) is 12.3. The van der Waals surface area contributed by atoms with Crippen molar-refractivity contribution in [3.63, 3.8) is 0 Å². The molecule has 0 atom stereocenters. The highest BCUT2D eigenvalue weighted by molar-refractivity contribution is 6.36. The molecule has 0 radical (unpaired) electrons. The van der Waals surface area contributed by atoms with Gasteiger partial charge in [-0.25, -0.2) is 0 Å². The number of carbonyl (C=O) groups excluding carboxylic acids is 1. The number of nitrogens with one attached hydrogen (secondary N) is 3. The summed E-state index contributed by atoms with van der Waals surface area (Å²) in [5.41, 5.74) is 6.38. The number of benzene rings is 1. The molecule has 0 spiro atoms. The van der Waals surface area contributed by atoms with Crippen LogP contribution in [0, 0.1) is 0 Å². The Kier molecular flexibility index (Phi) is 3.51. The van der Waals surface area contributed by atoms with Gasteiger partial charge in [-0.2, -0.15) is 5.10 Å². The predicted octanol–water partition coefficient (Wildman–Crippen LogP) is 2.46. The van der Waals surface area contributed by atoms with E-state index in [9.17, 15) is 4.79 Å². The smallest absolute Gasteiger partial charge is 0.225 e. The molecule has 0 bridgehead atoms. The molecule has 88 valence electrons. The first-order valence-corrected chi connectivity index (χ1v) is 5.42. The van der Waals surface area contributed by atoms with Crippen LogP contribution in [-0.2, 0) is 4.79 Å². The third kappa shape index (κ3) is 2.69. The number of hydrogen-bond donors (Lipinski definition) is 3. The molecule has 0 fully saturated rings. The number of halogens is 2. The van der Waals surface area contributed by atoms with Gasteiger partial charge in [0, 0.05) is 16.7 Å². The van der Waals surface area contributed by atoms with Gasteiger partial charge in [0.1, 0.15) is 0 Å². The first-order valence-electron chi connectivity index (χ1n) is 4.66. The summed E-state index contributed by atoms with van der Waals surface area (Å²) in [5, 5.41) is 7.83. The minimum atomic E-state index is 0.484. The summed E-state index contributed by atoms with van der Waals surface area (Å²) in [6.07, 6.45) is 0.517. The van der Waals surface area contributed by atoms with E-state index in [1.807, 2.05) is 0 Å². The Balaban J connectivity index is 2.27. The van der Waals surface area contributed by atoms with Crippen molar-refractivity contribution in [2.45, 2.75) is 0 Å². The Labute approximate surface area is 107 Å². The summed E-state index contributed by atoms with van der Waals surface area (Å²) in [4.78, 5) is 10.1. The maximum Gasteiger partial charge on any atom is 0.225 e. The van der Waals surface area contributed by atoms with Crippen molar-refractivity contribution in [3.05, 3.63) is 34.3 Å². The van der Waals surface area contributed by atoms with E-state index in [4.69, 9.17) is 23.2 Å². The Morgan fingerprint density at radius 3 is 2.82 bits per heavy atom. The molecule has 2 aromatic rings. The lowest BCUT2D eigenvalue weighted by molar-refractivity contribution is -0.109. The quantitative estimate of drug-likeness (QED) is 0.591. The standard InChI is InChI=1S/C10H8Cl2N4O/c11-6-1-2-7(8(12)3-6)9-4-10(16-14-9)15-13-5-17/h1-5H,(H,13,17)(H2,14,15,16). The molecule has 0 aliphatic heterocycles. The van der Waals surface area contributed by atoms with Crippen LogP contribution in [0.1, 0.15) is 0 Å². The van der Waals surface area contributed by atoms with E-state index in [0.717, 1.165) is 11.3 Å². The summed E-state index contributed by atoms with van der Waals surface area (Å²) in [6, 6.07) is 6.89. The number of amides is 1. The minimum absolute atomic E-state index is 0.484. The first-order chi connectivity index (χ1) is 8.20. The Morgan fingerprint density at radius 2 is 2.12 bits per heavy atom. The summed E-state index contributed by atoms with van der Waals surface area (Å²) >= 11 is 11.9. The number of hydrogen-bond acceptors (Lipinski definition) is 3. The molecule has 1 aromatic carbocycles. The van der Waals surface area contributed by atoms with Gasteiger partial charge >= 0.3 is 0 Å². The van der Waals surface area contributed by atoms with Gasteiger partial charge in [-0.15, -0.1) is 0 Å². The minimum Gasteiger partial charge on any atom is -0.281 e. The summed E-state index contributed by atoms with van der Waals surface area (Å²) < 4.78 is 0. The normalized spacial score (nSPS) is 10.0. The molecule has 0 saturated heterocycles. The fourth-order valence-corrected chi connectivity index (χ4v) is 1.85. The highest BCUT2D eigenvalue weighted by Gasteiger charge is 2.07. The van der Waals surface area contributed by atoms with Gasteiger partial charge in [0.05, 0.1) is 10.7 Å². The van der Waals surface area contributed by atoms with Crippen LogP contribution in [0.5, 0.6) is 0 Å². The van der Waals surface area contributed by atoms with E-state index in [1.54, 1.807) is 24.3 Å². The van der Waals surface area contributed by atoms with Crippen molar-refractivity contribution in [1.29, 1.82) is 0 Å². The van der Waals surface area contributed by atoms with Crippen LogP contribution in [0.15, 0.2) is 24.3 Å². The number of aromatic amines is 1. The number of anilines is 1. The van der Waals surface area contributed by atoms with Gasteiger partial charge in [-0.3, -0.25) is 20.7 Å². The second kappa shape index (κ2) is 5.07. The van der Waals surface area contributed by atoms with Gasteiger partial charge in [0.25, 0.3) is 0 Å². The highest BCUT2D eigenvalue weighted by Crippen LogP contribution is 2.29. The maximum absolute atomic E-state index is 10.1. The second-order valence-corrected chi connectivity index (χ2v) is 4.02. The van der Waals surface area contributed by atoms with Gasteiger partial charge in [0.15, 0.2) is 5.82 Å². The zero-order valence-corrected chi connectivity index (χ0v) is 10.0. The molecule has 1 amide bonds. The van der Waals surface area contributed by atoms with E-state index in [0.29, 0.717) is 22.3 Å². The monoisotopic (exact) mass is 270 g/mol. The lowest BCUT2D eigenvalue weighted by Gasteiger charge is -2.01. The molecule has 1 aromatic heterocycles. The molecule has 0 aliphatic carbocycles. The van der Waals surface area contributed by atoms with Crippen LogP contribution >= 0.6 is 23.2 Å². The summed E-state index contributed by atoms with van der Waals surface area (Å²) in [6.45, 7) is 0. The lowest BCUT2D eigenvalue weighted by Crippen LogP contribution is -2.18. The van der Waals surface area contributed by atoms with Crippen LogP contribution in [0.2, 0.25) is 10.0 Å². The van der Waals surface area contributed by atoms with E-state index in [1.165, 1.54) is 0 Å². The molecule has 17 heavy (non-hydrogen) atoms. The summed E-state index contributed by atoms with van der Waals surface area (Å²) in [7, 11) is 0. The number of nitrogens with zero attached hydrogens (tertiary/aromatic N) is 1. The first kappa shape index (κ1) is 11.8. The fourth-order valence-electron chi connectivity index (χ4n) is 1.34. The van der Waals surface area contributed by atoms with Crippen LogP contribution in [0.4, 0.5) is 5.82 Å². The van der Waals surface area contributed by atoms with Gasteiger partial charge < -0.3 is 0 Å². The number of rotatable bonds is 4. The van der Waals surface area contributed by atoms with Crippen LogP contribution < -0.4 is 10.9 Å². The van der Waals surface area contributed by atoms with E-state index >= 15 is 0 Å². The largest absolute Gasteiger partial charge is 0.281 e. The summed E-state index contributed by atoms with van der Waals surface area (Å²) in [5.74, 6) is 0.484. The SMILES string of the molecule is O=CNNc1cc(-c2ccc(Cl)cc2Cl)[nH]n1. The molecule has 1 heterocycles. The molecule has 7 heteroatoms. The third-order valence-electron chi connectivity index (χ3n) is 2.06. The second-order valence-electron chi connectivity index (χ2n) is 3.18. The van der Waals surface area contributed by atoms with Crippen molar-refractivity contribution in [3.8, 4) is 11.3 Å². The average Bonchev–Trinajstić information content (AvgIpc) is 2.75. The van der Waals surface area contributed by atoms with Gasteiger partial charge in [-0.05, 0) is 18.2 Å². The Morgan fingerprint density at radius 1 is 1.29 bits per heavy atom. The molecular weight excluding hydrogens is 263 g/mol. The van der Waals surface area contributed by atoms with Gasteiger partial charge in [0.2, 0.25) is 6.41 Å². The molecule has 0 unspecified atom stereocenters. The lowest BCUT2D eigenvalue weighted by atomic mass is 10.1. The van der Waals surface area contributed by atoms with Crippen molar-refractivity contribution < 1.29 is 4.79 Å². The van der Waals surface area contributed by atoms with Crippen LogP contribution in [0.25, 0.3) is 11.3 Å². The predicted molar refractivity (Wildman–Crippen MR) is 66.9 cm³/mol. The van der Waals surface area contributed by atoms with Gasteiger partial charge in [-0.1, -0.05) is 23.2 Å². The van der Waals surface area contributed by atoms with E-state index < -0.39 is 0 Å². The third-order valence-corrected chi connectivity index (χ3v) is 2.61. The fraction of sp³-hybridized carbons (Fsp3) is 0. The molecule has 3 N–H and O–H groups in total. The molecule has 5 nitrogen and oxygen atoms in total. The zero-order valence-electron chi connectivity index (χ0n) is 8.50. The Bertz CT molecular complexity index is 541. The Hall–Kier alpha value is -1.72. The maximum atomic E-state index is 10.1. The van der Waals surface area contributed by atoms with Crippen molar-refractivity contribution in [1.82, 2.24) is 15.6 Å². The number of aromatic nitrogens is 2. The number of H-pyrrole nitrogens is 1. The highest BCUT2D eigenvalue weighted by atomic mass is 35.5. The average molecular weight is 271 g/mol. The van der Waals surface area contributed by atoms with Crippen LogP contribution in [0.3, 0.4) is 0 Å².